The van der Waals surface area contributed by atoms with Gasteiger partial charge in [0, 0.05) is 5.41 Å². The second-order valence-corrected chi connectivity index (χ2v) is 4.48. The largest absolute Gasteiger partial charge is 0.481 e. The molecule has 3 aliphatic rings. The summed E-state index contributed by atoms with van der Waals surface area (Å²) >= 11 is 0. The summed E-state index contributed by atoms with van der Waals surface area (Å²) < 4.78 is 16.2. The van der Waals surface area contributed by atoms with Crippen molar-refractivity contribution in [1.82, 2.24) is 0 Å². The molecule has 6 heteroatoms. The van der Waals surface area contributed by atoms with Crippen molar-refractivity contribution < 1.29 is 24.1 Å². The van der Waals surface area contributed by atoms with E-state index in [1.807, 2.05) is 6.92 Å². The fourth-order valence-electron chi connectivity index (χ4n) is 1.71. The molecule has 3 rings (SSSR count). The average Bonchev–Trinajstić information content (AvgIpc) is 2.18. The Kier molecular flexibility index (Phi) is 2.46. The van der Waals surface area contributed by atoms with Crippen LogP contribution in [0.4, 0.5) is 0 Å². The monoisotopic (exact) mass is 217 g/mol. The van der Waals surface area contributed by atoms with E-state index in [-0.39, 0.29) is 11.8 Å². The first-order valence-corrected chi connectivity index (χ1v) is 4.85. The number of ether oxygens (including phenoxy) is 3. The molecule has 86 valence electrons. The normalized spacial score (nSPS) is 41.5. The van der Waals surface area contributed by atoms with Crippen LogP contribution in [0.3, 0.4) is 0 Å². The fourth-order valence-corrected chi connectivity index (χ4v) is 1.71. The van der Waals surface area contributed by atoms with Gasteiger partial charge in [0.15, 0.2) is 0 Å². The van der Waals surface area contributed by atoms with E-state index in [1.165, 1.54) is 0 Å². The highest BCUT2D eigenvalue weighted by Crippen LogP contribution is 2.39. The highest BCUT2D eigenvalue weighted by Gasteiger charge is 2.54. The van der Waals surface area contributed by atoms with Gasteiger partial charge in [0.25, 0.3) is 5.97 Å². The zero-order chi connectivity index (χ0) is 11.1. The molecule has 1 unspecified atom stereocenters. The van der Waals surface area contributed by atoms with Crippen LogP contribution in [0.1, 0.15) is 13.3 Å². The minimum Gasteiger partial charge on any atom is -0.481 e. The third-order valence-corrected chi connectivity index (χ3v) is 2.71. The SMILES string of the molecule is CC12COC(C(N)CC(=O)O)(OC1)OC2. The van der Waals surface area contributed by atoms with Crippen molar-refractivity contribution in [3.8, 4) is 0 Å². The molecule has 15 heavy (non-hydrogen) atoms. The Morgan fingerprint density at radius 3 is 2.27 bits per heavy atom. The molecular formula is C9H15NO5. The Morgan fingerprint density at radius 2 is 1.87 bits per heavy atom. The van der Waals surface area contributed by atoms with Crippen molar-refractivity contribution in [1.29, 1.82) is 0 Å². The van der Waals surface area contributed by atoms with Gasteiger partial charge in [-0.25, -0.2) is 0 Å². The highest BCUT2D eigenvalue weighted by molar-refractivity contribution is 5.67. The smallest absolute Gasteiger partial charge is 0.305 e. The maximum atomic E-state index is 10.5. The number of nitrogens with two attached hydrogens (primary N) is 1. The first kappa shape index (κ1) is 10.8. The summed E-state index contributed by atoms with van der Waals surface area (Å²) in [5.74, 6) is -2.34. The van der Waals surface area contributed by atoms with E-state index in [0.29, 0.717) is 19.8 Å². The van der Waals surface area contributed by atoms with Crippen molar-refractivity contribution in [3.05, 3.63) is 0 Å². The van der Waals surface area contributed by atoms with Crippen LogP contribution in [0.5, 0.6) is 0 Å². The quantitative estimate of drug-likeness (QED) is 0.663. The van der Waals surface area contributed by atoms with E-state index in [1.54, 1.807) is 0 Å². The number of hydrogen-bond acceptors (Lipinski definition) is 5. The fraction of sp³-hybridized carbons (Fsp3) is 0.889. The molecule has 0 saturated carbocycles. The van der Waals surface area contributed by atoms with E-state index in [9.17, 15) is 4.79 Å². The molecule has 0 aromatic heterocycles. The predicted octanol–water partition coefficient (Wildman–Crippen LogP) is -0.474. The number of carboxylic acids is 1. The summed E-state index contributed by atoms with van der Waals surface area (Å²) in [5, 5.41) is 8.64. The molecule has 1 atom stereocenters. The molecule has 3 N–H and O–H groups in total. The maximum Gasteiger partial charge on any atom is 0.305 e. The Labute approximate surface area is 87.3 Å². The topological polar surface area (TPSA) is 91.0 Å². The van der Waals surface area contributed by atoms with Crippen LogP contribution in [-0.4, -0.2) is 42.9 Å². The molecule has 3 saturated heterocycles. The van der Waals surface area contributed by atoms with Gasteiger partial charge in [-0.05, 0) is 0 Å². The molecule has 0 aromatic carbocycles. The van der Waals surface area contributed by atoms with Crippen molar-refractivity contribution in [2.24, 2.45) is 11.1 Å². The van der Waals surface area contributed by atoms with Gasteiger partial charge in [0.1, 0.15) is 0 Å². The Bertz CT molecular complexity index is 255. The molecular weight excluding hydrogens is 202 g/mol. The van der Waals surface area contributed by atoms with Crippen LogP contribution < -0.4 is 5.73 Å². The van der Waals surface area contributed by atoms with Crippen molar-refractivity contribution in [2.75, 3.05) is 19.8 Å². The van der Waals surface area contributed by atoms with Gasteiger partial charge in [-0.15, -0.1) is 0 Å². The predicted molar refractivity (Wildman–Crippen MR) is 48.9 cm³/mol. The molecule has 0 radical (unpaired) electrons. The summed E-state index contributed by atoms with van der Waals surface area (Å²) in [6.45, 7) is 3.44. The van der Waals surface area contributed by atoms with E-state index in [2.05, 4.69) is 0 Å². The van der Waals surface area contributed by atoms with Crippen LogP contribution in [0.25, 0.3) is 0 Å². The van der Waals surface area contributed by atoms with Gasteiger partial charge in [-0.1, -0.05) is 6.92 Å². The van der Waals surface area contributed by atoms with Gasteiger partial charge in [0.2, 0.25) is 0 Å². The van der Waals surface area contributed by atoms with Gasteiger partial charge in [-0.3, -0.25) is 4.79 Å². The first-order valence-electron chi connectivity index (χ1n) is 4.85. The van der Waals surface area contributed by atoms with Gasteiger partial charge < -0.3 is 25.1 Å². The van der Waals surface area contributed by atoms with Crippen LogP contribution >= 0.6 is 0 Å². The second kappa shape index (κ2) is 3.41. The van der Waals surface area contributed by atoms with Gasteiger partial charge in [0.05, 0.1) is 32.3 Å². The third-order valence-electron chi connectivity index (χ3n) is 2.71. The number of carbonyl (C=O) groups is 1. The zero-order valence-electron chi connectivity index (χ0n) is 8.56. The molecule has 6 nitrogen and oxygen atoms in total. The minimum absolute atomic E-state index is 0.134. The third kappa shape index (κ3) is 1.85. The Morgan fingerprint density at radius 1 is 1.40 bits per heavy atom. The van der Waals surface area contributed by atoms with Crippen molar-refractivity contribution in [2.45, 2.75) is 25.4 Å². The summed E-state index contributed by atoms with van der Waals surface area (Å²) in [6, 6.07) is -0.806. The van der Waals surface area contributed by atoms with Gasteiger partial charge >= 0.3 is 5.97 Å². The Hall–Kier alpha value is -0.690. The lowest BCUT2D eigenvalue weighted by molar-refractivity contribution is -0.471. The van der Waals surface area contributed by atoms with Crippen LogP contribution in [0.15, 0.2) is 0 Å². The lowest BCUT2D eigenvalue weighted by Gasteiger charge is -2.52. The van der Waals surface area contributed by atoms with Crippen molar-refractivity contribution >= 4 is 5.97 Å². The summed E-state index contributed by atoms with van der Waals surface area (Å²) in [5.41, 5.74) is 5.57. The molecule has 3 fully saturated rings. The van der Waals surface area contributed by atoms with E-state index >= 15 is 0 Å². The second-order valence-electron chi connectivity index (χ2n) is 4.48. The molecule has 3 aliphatic heterocycles. The molecule has 2 bridgehead atoms. The maximum absolute atomic E-state index is 10.5. The summed E-state index contributed by atoms with van der Waals surface area (Å²) in [4.78, 5) is 10.5. The van der Waals surface area contributed by atoms with E-state index in [0.717, 1.165) is 0 Å². The van der Waals surface area contributed by atoms with E-state index < -0.39 is 18.0 Å². The van der Waals surface area contributed by atoms with Crippen LogP contribution in [0, 0.1) is 5.41 Å². The van der Waals surface area contributed by atoms with Crippen LogP contribution in [-0.2, 0) is 19.0 Å². The number of carboxylic acid groups (broad SMARTS) is 1. The molecule has 0 aromatic rings. The number of fused-ring (bicyclic) bond motifs is 3. The van der Waals surface area contributed by atoms with Crippen molar-refractivity contribution in [3.63, 3.8) is 0 Å². The zero-order valence-corrected chi connectivity index (χ0v) is 8.56. The average molecular weight is 217 g/mol. The standard InChI is InChI=1S/C9H15NO5/c1-8-3-13-9(14-4-8,15-5-8)6(10)2-7(11)12/h6H,2-5,10H2,1H3,(H,11,12). The Balaban J connectivity index is 2.05. The lowest BCUT2D eigenvalue weighted by atomic mass is 9.91. The summed E-state index contributed by atoms with van der Waals surface area (Å²) in [7, 11) is 0. The first-order chi connectivity index (χ1) is 6.96. The highest BCUT2D eigenvalue weighted by atomic mass is 16.9. The number of hydrogen-bond donors (Lipinski definition) is 2. The van der Waals surface area contributed by atoms with E-state index in [4.69, 9.17) is 25.1 Å². The lowest BCUT2D eigenvalue weighted by Crippen LogP contribution is -2.66. The number of aliphatic carboxylic acids is 1. The molecule has 0 aliphatic carbocycles. The number of rotatable bonds is 3. The summed E-state index contributed by atoms with van der Waals surface area (Å²) in [6.07, 6.45) is -0.239. The molecule has 0 spiro atoms. The molecule has 3 heterocycles. The van der Waals surface area contributed by atoms with Gasteiger partial charge in [-0.2, -0.15) is 0 Å². The van der Waals surface area contributed by atoms with Crippen LogP contribution in [0.2, 0.25) is 0 Å². The molecule has 0 amide bonds. The minimum atomic E-state index is -1.35.